The summed E-state index contributed by atoms with van der Waals surface area (Å²) in [4.78, 5) is 20.8. The molecule has 0 atom stereocenters. The van der Waals surface area contributed by atoms with Crippen LogP contribution in [-0.4, -0.2) is 31.2 Å². The van der Waals surface area contributed by atoms with Gasteiger partial charge in [-0.05, 0) is 70.0 Å². The maximum Gasteiger partial charge on any atom is 0.270 e. The molecule has 5 nitrogen and oxygen atoms in total. The number of hydrogen-bond donors (Lipinski definition) is 0. The predicted molar refractivity (Wildman–Crippen MR) is 123 cm³/mol. The summed E-state index contributed by atoms with van der Waals surface area (Å²) in [7, 11) is 3.21. The first-order valence-corrected chi connectivity index (χ1v) is 10.7. The Labute approximate surface area is 182 Å². The summed E-state index contributed by atoms with van der Waals surface area (Å²) in [6.45, 7) is 10.0. The lowest BCUT2D eigenvalue weighted by molar-refractivity contribution is 0.0983. The van der Waals surface area contributed by atoms with Crippen LogP contribution in [-0.2, 0) is 0 Å². The van der Waals surface area contributed by atoms with E-state index in [-0.39, 0.29) is 11.9 Å². The van der Waals surface area contributed by atoms with Crippen LogP contribution in [0, 0.1) is 20.8 Å². The van der Waals surface area contributed by atoms with E-state index < -0.39 is 0 Å². The molecule has 0 fully saturated rings. The van der Waals surface area contributed by atoms with Gasteiger partial charge >= 0.3 is 0 Å². The van der Waals surface area contributed by atoms with Crippen LogP contribution in [0.4, 0.5) is 5.69 Å². The van der Waals surface area contributed by atoms with E-state index in [4.69, 9.17) is 9.47 Å². The number of anilines is 1. The van der Waals surface area contributed by atoms with Crippen molar-refractivity contribution in [1.29, 1.82) is 0 Å². The summed E-state index contributed by atoms with van der Waals surface area (Å²) in [5.41, 5.74) is 4.76. The first kappa shape index (κ1) is 21.8. The Bertz CT molecular complexity index is 1070. The summed E-state index contributed by atoms with van der Waals surface area (Å²) >= 11 is 1.41. The highest BCUT2D eigenvalue weighted by Gasteiger charge is 2.26. The smallest absolute Gasteiger partial charge is 0.270 e. The third-order valence-electron chi connectivity index (χ3n) is 4.98. The number of carbonyl (C=O) groups is 1. The molecule has 1 heterocycles. The van der Waals surface area contributed by atoms with Crippen molar-refractivity contribution in [3.05, 3.63) is 58.1 Å². The minimum atomic E-state index is -0.0274. The van der Waals surface area contributed by atoms with E-state index in [1.807, 2.05) is 57.7 Å². The number of benzene rings is 2. The predicted octanol–water partition coefficient (Wildman–Crippen LogP) is 5.81. The number of methoxy groups -OCH3 is 2. The monoisotopic (exact) mass is 424 g/mol. The van der Waals surface area contributed by atoms with Crippen molar-refractivity contribution in [3.8, 4) is 22.1 Å². The molecule has 0 aliphatic heterocycles. The minimum Gasteiger partial charge on any atom is -0.493 e. The molecule has 0 saturated heterocycles. The van der Waals surface area contributed by atoms with Gasteiger partial charge in [0.25, 0.3) is 5.91 Å². The molecule has 1 amide bonds. The Hall–Kier alpha value is -2.86. The van der Waals surface area contributed by atoms with Gasteiger partial charge in [-0.1, -0.05) is 12.1 Å². The van der Waals surface area contributed by atoms with Crippen molar-refractivity contribution in [2.24, 2.45) is 0 Å². The van der Waals surface area contributed by atoms with Crippen LogP contribution in [0.3, 0.4) is 0 Å². The summed E-state index contributed by atoms with van der Waals surface area (Å²) in [6, 6.07) is 11.9. The van der Waals surface area contributed by atoms with Crippen LogP contribution in [0.1, 0.15) is 40.3 Å². The van der Waals surface area contributed by atoms with Gasteiger partial charge < -0.3 is 14.4 Å². The van der Waals surface area contributed by atoms with Gasteiger partial charge in [0.1, 0.15) is 9.88 Å². The minimum absolute atomic E-state index is 0.0176. The number of aryl methyl sites for hydroxylation is 3. The average Bonchev–Trinajstić information content (AvgIpc) is 3.11. The standard InChI is InChI=1S/C24H28N2O3S/c1-14(2)26(19-12-15(3)8-9-16(19)4)24(27)22-17(5)25-23(30-22)18-10-11-20(28-6)21(13-18)29-7/h8-14H,1-7H3. The Morgan fingerprint density at radius 1 is 1.00 bits per heavy atom. The van der Waals surface area contributed by atoms with E-state index in [1.165, 1.54) is 11.3 Å². The van der Waals surface area contributed by atoms with Crippen molar-refractivity contribution >= 4 is 22.9 Å². The maximum atomic E-state index is 13.6. The lowest BCUT2D eigenvalue weighted by Crippen LogP contribution is -2.37. The third kappa shape index (κ3) is 4.19. The summed E-state index contributed by atoms with van der Waals surface area (Å²) in [6.07, 6.45) is 0. The van der Waals surface area contributed by atoms with Gasteiger partial charge in [0.15, 0.2) is 11.5 Å². The van der Waals surface area contributed by atoms with Crippen molar-refractivity contribution in [3.63, 3.8) is 0 Å². The number of nitrogens with zero attached hydrogens (tertiary/aromatic N) is 2. The molecule has 0 radical (unpaired) electrons. The zero-order valence-electron chi connectivity index (χ0n) is 18.6. The second kappa shape index (κ2) is 8.88. The van der Waals surface area contributed by atoms with Gasteiger partial charge in [0.2, 0.25) is 0 Å². The molecular weight excluding hydrogens is 396 g/mol. The molecule has 158 valence electrons. The van der Waals surface area contributed by atoms with Crippen molar-refractivity contribution in [1.82, 2.24) is 4.98 Å². The highest BCUT2D eigenvalue weighted by Crippen LogP contribution is 2.36. The molecule has 0 N–H and O–H groups in total. The van der Waals surface area contributed by atoms with E-state index in [9.17, 15) is 4.79 Å². The molecule has 3 aromatic rings. The van der Waals surface area contributed by atoms with Crippen LogP contribution < -0.4 is 14.4 Å². The molecule has 0 saturated carbocycles. The first-order chi connectivity index (χ1) is 14.3. The molecule has 0 aliphatic rings. The topological polar surface area (TPSA) is 51.7 Å². The zero-order chi connectivity index (χ0) is 22.0. The SMILES string of the molecule is COc1ccc(-c2nc(C)c(C(=O)N(c3cc(C)ccc3C)C(C)C)s2)cc1OC. The van der Waals surface area contributed by atoms with Crippen LogP contribution in [0.15, 0.2) is 36.4 Å². The number of aromatic nitrogens is 1. The summed E-state index contributed by atoms with van der Waals surface area (Å²) in [5.74, 6) is 1.27. The Morgan fingerprint density at radius 2 is 1.70 bits per heavy atom. The van der Waals surface area contributed by atoms with E-state index in [2.05, 4.69) is 23.2 Å². The number of carbonyl (C=O) groups excluding carboxylic acids is 1. The fourth-order valence-electron chi connectivity index (χ4n) is 3.40. The van der Waals surface area contributed by atoms with Gasteiger partial charge in [-0.3, -0.25) is 4.79 Å². The lowest BCUT2D eigenvalue weighted by Gasteiger charge is -2.28. The van der Waals surface area contributed by atoms with E-state index >= 15 is 0 Å². The Balaban J connectivity index is 2.03. The van der Waals surface area contributed by atoms with Crippen molar-refractivity contribution < 1.29 is 14.3 Å². The number of rotatable bonds is 6. The molecule has 1 aromatic heterocycles. The molecule has 30 heavy (non-hydrogen) atoms. The summed E-state index contributed by atoms with van der Waals surface area (Å²) < 4.78 is 10.7. The third-order valence-corrected chi connectivity index (χ3v) is 6.18. The molecule has 6 heteroatoms. The van der Waals surface area contributed by atoms with Crippen molar-refractivity contribution in [2.45, 2.75) is 40.7 Å². The summed E-state index contributed by atoms with van der Waals surface area (Å²) in [5, 5.41) is 0.779. The number of thiazole rings is 1. The van der Waals surface area contributed by atoms with Gasteiger partial charge in [0.05, 0.1) is 19.9 Å². The van der Waals surface area contributed by atoms with Crippen LogP contribution in [0.5, 0.6) is 11.5 Å². The van der Waals surface area contributed by atoms with Gasteiger partial charge in [-0.25, -0.2) is 4.98 Å². The quantitative estimate of drug-likeness (QED) is 0.501. The van der Waals surface area contributed by atoms with E-state index in [1.54, 1.807) is 14.2 Å². The largest absolute Gasteiger partial charge is 0.493 e. The van der Waals surface area contributed by atoms with E-state index in [0.717, 1.165) is 33.1 Å². The van der Waals surface area contributed by atoms with Crippen LogP contribution in [0.25, 0.3) is 10.6 Å². The zero-order valence-corrected chi connectivity index (χ0v) is 19.4. The molecule has 0 aliphatic carbocycles. The fourth-order valence-corrected chi connectivity index (χ4v) is 4.40. The normalized spacial score (nSPS) is 10.9. The molecular formula is C24H28N2O3S. The van der Waals surface area contributed by atoms with Crippen LogP contribution in [0.2, 0.25) is 0 Å². The highest BCUT2D eigenvalue weighted by atomic mass is 32.1. The Morgan fingerprint density at radius 3 is 2.33 bits per heavy atom. The van der Waals surface area contributed by atoms with Gasteiger partial charge in [-0.15, -0.1) is 11.3 Å². The average molecular weight is 425 g/mol. The second-order valence-corrected chi connectivity index (χ2v) is 8.56. The maximum absolute atomic E-state index is 13.6. The lowest BCUT2D eigenvalue weighted by atomic mass is 10.1. The molecule has 2 aromatic carbocycles. The van der Waals surface area contributed by atoms with Crippen molar-refractivity contribution in [2.75, 3.05) is 19.1 Å². The fraction of sp³-hybridized carbons (Fsp3) is 0.333. The van der Waals surface area contributed by atoms with Gasteiger partial charge in [0, 0.05) is 17.3 Å². The molecule has 3 rings (SSSR count). The first-order valence-electron chi connectivity index (χ1n) is 9.87. The van der Waals surface area contributed by atoms with Crippen LogP contribution >= 0.6 is 11.3 Å². The highest BCUT2D eigenvalue weighted by molar-refractivity contribution is 7.17. The second-order valence-electron chi connectivity index (χ2n) is 7.56. The Kier molecular flexibility index (Phi) is 6.46. The van der Waals surface area contributed by atoms with Gasteiger partial charge in [-0.2, -0.15) is 0 Å². The number of hydrogen-bond acceptors (Lipinski definition) is 5. The molecule has 0 unspecified atom stereocenters. The number of amides is 1. The number of ether oxygens (including phenoxy) is 2. The van der Waals surface area contributed by atoms with E-state index in [0.29, 0.717) is 16.4 Å². The molecule has 0 spiro atoms. The molecule has 0 bridgehead atoms.